The number of aromatic nitrogens is 1. The minimum absolute atomic E-state index is 0.268. The van der Waals surface area contributed by atoms with Crippen molar-refractivity contribution in [2.45, 2.75) is 45.8 Å². The van der Waals surface area contributed by atoms with Crippen molar-refractivity contribution in [3.8, 4) is 5.75 Å². The van der Waals surface area contributed by atoms with Crippen LogP contribution >= 0.6 is 0 Å². The summed E-state index contributed by atoms with van der Waals surface area (Å²) in [4.78, 5) is 14.8. The van der Waals surface area contributed by atoms with Crippen LogP contribution in [0.5, 0.6) is 5.75 Å². The highest BCUT2D eigenvalue weighted by molar-refractivity contribution is 6.61. The minimum atomic E-state index is -0.576. The van der Waals surface area contributed by atoms with Crippen molar-refractivity contribution in [2.75, 3.05) is 13.7 Å². The molecular formula is C14H22BNO5. The fourth-order valence-corrected chi connectivity index (χ4v) is 2.08. The molecule has 1 N–H and O–H groups in total. The van der Waals surface area contributed by atoms with Gasteiger partial charge >= 0.3 is 13.1 Å². The molecule has 1 saturated heterocycles. The summed E-state index contributed by atoms with van der Waals surface area (Å²) in [6.45, 7) is 10.2. The molecule has 21 heavy (non-hydrogen) atoms. The zero-order chi connectivity index (χ0) is 15.8. The zero-order valence-corrected chi connectivity index (χ0v) is 13.4. The van der Waals surface area contributed by atoms with Crippen molar-refractivity contribution in [1.82, 2.24) is 4.98 Å². The van der Waals surface area contributed by atoms with Crippen LogP contribution in [-0.4, -0.2) is 43.0 Å². The average molecular weight is 295 g/mol. The van der Waals surface area contributed by atoms with Crippen molar-refractivity contribution < 1.29 is 23.6 Å². The van der Waals surface area contributed by atoms with E-state index in [-0.39, 0.29) is 5.69 Å². The van der Waals surface area contributed by atoms with Gasteiger partial charge in [-0.2, -0.15) is 0 Å². The van der Waals surface area contributed by atoms with Gasteiger partial charge in [0.25, 0.3) is 0 Å². The second-order valence-electron chi connectivity index (χ2n) is 5.98. The Morgan fingerprint density at radius 2 is 1.86 bits per heavy atom. The molecule has 1 aromatic heterocycles. The van der Waals surface area contributed by atoms with Crippen molar-refractivity contribution in [3.63, 3.8) is 0 Å². The predicted molar refractivity (Wildman–Crippen MR) is 79.0 cm³/mol. The maximum absolute atomic E-state index is 11.8. The molecule has 0 bridgehead atoms. The highest BCUT2D eigenvalue weighted by atomic mass is 16.7. The van der Waals surface area contributed by atoms with E-state index in [1.807, 2.05) is 34.6 Å². The largest absolute Gasteiger partial charge is 0.512 e. The molecule has 2 heterocycles. The van der Waals surface area contributed by atoms with Crippen LogP contribution in [0.25, 0.3) is 0 Å². The summed E-state index contributed by atoms with van der Waals surface area (Å²) in [5.41, 5.74) is 0.0153. The zero-order valence-electron chi connectivity index (χ0n) is 13.4. The van der Waals surface area contributed by atoms with E-state index >= 15 is 0 Å². The molecule has 1 aliphatic heterocycles. The summed E-state index contributed by atoms with van der Waals surface area (Å²) in [5, 5.41) is 0. The third-order valence-electron chi connectivity index (χ3n) is 4.00. The lowest BCUT2D eigenvalue weighted by molar-refractivity contribution is 0.00578. The number of methoxy groups -OCH3 is 1. The second-order valence-corrected chi connectivity index (χ2v) is 5.98. The Kier molecular flexibility index (Phi) is 4.08. The van der Waals surface area contributed by atoms with Crippen LogP contribution in [-0.2, 0) is 14.0 Å². The number of carbonyl (C=O) groups excluding carboxylic acids is 1. The van der Waals surface area contributed by atoms with Gasteiger partial charge in [0.15, 0.2) is 11.4 Å². The van der Waals surface area contributed by atoms with Gasteiger partial charge in [0, 0.05) is 5.59 Å². The Balaban J connectivity index is 2.32. The normalized spacial score (nSPS) is 19.6. The molecule has 0 saturated carbocycles. The molecule has 116 valence electrons. The molecule has 2 rings (SSSR count). The Morgan fingerprint density at radius 1 is 1.29 bits per heavy atom. The number of carbonyl (C=O) groups is 1. The topological polar surface area (TPSA) is 69.8 Å². The van der Waals surface area contributed by atoms with Gasteiger partial charge in [-0.1, -0.05) is 0 Å². The highest BCUT2D eigenvalue weighted by Crippen LogP contribution is 2.36. The molecule has 1 fully saturated rings. The smallest absolute Gasteiger partial charge is 0.491 e. The van der Waals surface area contributed by atoms with Crippen molar-refractivity contribution in [3.05, 3.63) is 11.8 Å². The lowest BCUT2D eigenvalue weighted by atomic mass is 9.85. The first-order valence-corrected chi connectivity index (χ1v) is 7.01. The van der Waals surface area contributed by atoms with Crippen LogP contribution < -0.4 is 10.3 Å². The summed E-state index contributed by atoms with van der Waals surface area (Å²) < 4.78 is 22.1. The molecule has 6 nitrogen and oxygen atoms in total. The number of aromatic amines is 1. The van der Waals surface area contributed by atoms with Crippen LogP contribution in [0.2, 0.25) is 0 Å². The quantitative estimate of drug-likeness (QED) is 0.673. The number of esters is 1. The average Bonchev–Trinajstić information content (AvgIpc) is 2.89. The molecule has 0 amide bonds. The molecule has 0 radical (unpaired) electrons. The lowest BCUT2D eigenvalue weighted by Crippen LogP contribution is -2.41. The third-order valence-corrected chi connectivity index (χ3v) is 4.00. The molecule has 0 aliphatic carbocycles. The van der Waals surface area contributed by atoms with Gasteiger partial charge in [-0.15, -0.1) is 0 Å². The van der Waals surface area contributed by atoms with E-state index in [1.54, 1.807) is 6.07 Å². The van der Waals surface area contributed by atoms with Gasteiger partial charge in [0.2, 0.25) is 0 Å². The fourth-order valence-electron chi connectivity index (χ4n) is 2.08. The third kappa shape index (κ3) is 2.80. The summed E-state index contributed by atoms with van der Waals surface area (Å²) >= 11 is 0. The minimum Gasteiger partial charge on any atom is -0.491 e. The van der Waals surface area contributed by atoms with Gasteiger partial charge in [-0.05, 0) is 40.7 Å². The van der Waals surface area contributed by atoms with Crippen molar-refractivity contribution in [1.29, 1.82) is 0 Å². The molecule has 0 aromatic carbocycles. The highest BCUT2D eigenvalue weighted by Gasteiger charge is 2.52. The summed E-state index contributed by atoms with van der Waals surface area (Å²) in [5.74, 6) is -0.0460. The van der Waals surface area contributed by atoms with Crippen molar-refractivity contribution >= 4 is 18.7 Å². The standard InChI is InChI=1S/C14H22BNO5/c1-7-19-9-8-10(16-11(9)12(17)18-6)15-20-13(2,3)14(4,5)21-15/h8,16H,7H2,1-6H3. The Morgan fingerprint density at radius 3 is 2.33 bits per heavy atom. The Labute approximate surface area is 125 Å². The first-order valence-electron chi connectivity index (χ1n) is 7.01. The molecular weight excluding hydrogens is 273 g/mol. The number of rotatable bonds is 4. The second kappa shape index (κ2) is 5.38. The Bertz CT molecular complexity index is 521. The van der Waals surface area contributed by atoms with E-state index < -0.39 is 24.3 Å². The van der Waals surface area contributed by atoms with Gasteiger partial charge in [0.1, 0.15) is 0 Å². The summed E-state index contributed by atoms with van der Waals surface area (Å²) in [7, 11) is 0.750. The van der Waals surface area contributed by atoms with E-state index in [1.165, 1.54) is 7.11 Å². The number of nitrogens with one attached hydrogen (secondary N) is 1. The van der Waals surface area contributed by atoms with Gasteiger partial charge in [-0.25, -0.2) is 4.79 Å². The molecule has 0 atom stereocenters. The van der Waals surface area contributed by atoms with Crippen LogP contribution in [0.15, 0.2) is 6.07 Å². The van der Waals surface area contributed by atoms with Crippen LogP contribution in [0, 0.1) is 0 Å². The maximum Gasteiger partial charge on any atom is 0.512 e. The number of hydrogen-bond donors (Lipinski definition) is 1. The monoisotopic (exact) mass is 295 g/mol. The number of ether oxygens (including phenoxy) is 2. The molecule has 0 unspecified atom stereocenters. The first kappa shape index (κ1) is 15.9. The van der Waals surface area contributed by atoms with Gasteiger partial charge in [0.05, 0.1) is 24.9 Å². The maximum atomic E-state index is 11.8. The van der Waals surface area contributed by atoms with Crippen LogP contribution in [0.4, 0.5) is 0 Å². The molecule has 1 aromatic rings. The van der Waals surface area contributed by atoms with Crippen LogP contribution in [0.1, 0.15) is 45.1 Å². The van der Waals surface area contributed by atoms with Crippen molar-refractivity contribution in [2.24, 2.45) is 0 Å². The molecule has 1 aliphatic rings. The lowest BCUT2D eigenvalue weighted by Gasteiger charge is -2.32. The van der Waals surface area contributed by atoms with E-state index in [0.717, 1.165) is 0 Å². The van der Waals surface area contributed by atoms with Gasteiger partial charge in [-0.3, -0.25) is 0 Å². The van der Waals surface area contributed by atoms with Crippen LogP contribution in [0.3, 0.4) is 0 Å². The van der Waals surface area contributed by atoms with Gasteiger partial charge < -0.3 is 23.8 Å². The van der Waals surface area contributed by atoms with E-state index in [4.69, 9.17) is 18.8 Å². The molecule has 0 spiro atoms. The number of H-pyrrole nitrogens is 1. The van der Waals surface area contributed by atoms with E-state index in [2.05, 4.69) is 4.98 Å². The summed E-state index contributed by atoms with van der Waals surface area (Å²) in [6, 6.07) is 1.72. The number of hydrogen-bond acceptors (Lipinski definition) is 5. The first-order chi connectivity index (χ1) is 9.71. The predicted octanol–water partition coefficient (Wildman–Crippen LogP) is 1.50. The Hall–Kier alpha value is -1.47. The van der Waals surface area contributed by atoms with E-state index in [0.29, 0.717) is 17.9 Å². The summed E-state index contributed by atoms with van der Waals surface area (Å²) in [6.07, 6.45) is 0. The molecule has 7 heteroatoms. The fraction of sp³-hybridized carbons (Fsp3) is 0.643. The van der Waals surface area contributed by atoms with E-state index in [9.17, 15) is 4.79 Å². The SMILES string of the molecule is CCOc1cc(B2OC(C)(C)C(C)(C)O2)[nH]c1C(=O)OC.